The van der Waals surface area contributed by atoms with E-state index < -0.39 is 0 Å². The number of fused-ring (bicyclic) bond motifs is 1. The first kappa shape index (κ1) is 24.8. The topological polar surface area (TPSA) is 103 Å². The van der Waals surface area contributed by atoms with Crippen molar-refractivity contribution in [2.45, 2.75) is 38.1 Å². The number of benzene rings is 2. The lowest BCUT2D eigenvalue weighted by atomic mass is 10.0. The van der Waals surface area contributed by atoms with Gasteiger partial charge in [-0.3, -0.25) is 4.79 Å². The normalized spacial score (nSPS) is 13.9. The molecular weight excluding hydrogens is 466 g/mol. The molecule has 2 heterocycles. The first-order valence-electron chi connectivity index (χ1n) is 12.8. The van der Waals surface area contributed by atoms with Crippen LogP contribution in [0.1, 0.15) is 42.5 Å². The van der Waals surface area contributed by atoms with Crippen molar-refractivity contribution < 1.29 is 14.6 Å². The van der Waals surface area contributed by atoms with E-state index in [4.69, 9.17) is 4.74 Å². The molecule has 0 radical (unpaired) electrons. The molecule has 1 saturated carbocycles. The third-order valence-electron chi connectivity index (χ3n) is 7.19. The molecule has 0 bridgehead atoms. The Kier molecular flexibility index (Phi) is 7.37. The van der Waals surface area contributed by atoms with E-state index in [9.17, 15) is 9.90 Å². The number of carbonyl (C=O) groups excluding carboxylic acids is 1. The van der Waals surface area contributed by atoms with E-state index in [1.807, 2.05) is 30.3 Å². The SMILES string of the molecule is COc1ncccc1-c1ccc(O)c(-c2nc3cc(C(=O)NCCCN(C)C4CCCC4)ccc3[nH]2)c1. The molecule has 192 valence electrons. The minimum absolute atomic E-state index is 0.103. The van der Waals surface area contributed by atoms with Gasteiger partial charge >= 0.3 is 0 Å². The number of carbonyl (C=O) groups is 1. The van der Waals surface area contributed by atoms with Crippen molar-refractivity contribution in [2.75, 3.05) is 27.2 Å². The minimum atomic E-state index is -0.108. The lowest BCUT2D eigenvalue weighted by molar-refractivity contribution is 0.0951. The highest BCUT2D eigenvalue weighted by Gasteiger charge is 2.19. The van der Waals surface area contributed by atoms with E-state index in [2.05, 4.69) is 32.2 Å². The molecule has 0 atom stereocenters. The number of phenols is 1. The smallest absolute Gasteiger partial charge is 0.251 e. The lowest BCUT2D eigenvalue weighted by Crippen LogP contribution is -2.33. The van der Waals surface area contributed by atoms with Gasteiger partial charge in [-0.2, -0.15) is 0 Å². The summed E-state index contributed by atoms with van der Waals surface area (Å²) in [4.78, 5) is 27.4. The molecular formula is C29H33N5O3. The van der Waals surface area contributed by atoms with E-state index in [1.165, 1.54) is 25.7 Å². The molecule has 2 aromatic heterocycles. The van der Waals surface area contributed by atoms with Crippen LogP contribution in [0.3, 0.4) is 0 Å². The van der Waals surface area contributed by atoms with Gasteiger partial charge in [0.1, 0.15) is 11.6 Å². The number of amides is 1. The Hall–Kier alpha value is -3.91. The van der Waals surface area contributed by atoms with Crippen LogP contribution in [0.2, 0.25) is 0 Å². The molecule has 1 amide bonds. The fourth-order valence-electron chi connectivity index (χ4n) is 5.10. The average molecular weight is 500 g/mol. The monoisotopic (exact) mass is 499 g/mol. The van der Waals surface area contributed by atoms with Crippen LogP contribution in [0.4, 0.5) is 0 Å². The van der Waals surface area contributed by atoms with Crippen molar-refractivity contribution in [2.24, 2.45) is 0 Å². The molecule has 37 heavy (non-hydrogen) atoms. The van der Waals surface area contributed by atoms with Crippen LogP contribution in [0.15, 0.2) is 54.7 Å². The van der Waals surface area contributed by atoms with Gasteiger partial charge in [0.25, 0.3) is 5.91 Å². The molecule has 2 aromatic carbocycles. The molecule has 4 aromatic rings. The second-order valence-corrected chi connectivity index (χ2v) is 9.64. The first-order chi connectivity index (χ1) is 18.0. The Morgan fingerprint density at radius 3 is 2.81 bits per heavy atom. The highest BCUT2D eigenvalue weighted by molar-refractivity contribution is 5.97. The van der Waals surface area contributed by atoms with Crippen molar-refractivity contribution in [1.82, 2.24) is 25.2 Å². The minimum Gasteiger partial charge on any atom is -0.507 e. The quantitative estimate of drug-likeness (QED) is 0.280. The predicted molar refractivity (Wildman–Crippen MR) is 145 cm³/mol. The fraction of sp³-hybridized carbons (Fsp3) is 0.345. The number of imidazole rings is 1. The summed E-state index contributed by atoms with van der Waals surface area (Å²) in [6, 6.07) is 15.2. The second kappa shape index (κ2) is 11.0. The number of pyridine rings is 1. The van der Waals surface area contributed by atoms with Crippen LogP contribution < -0.4 is 10.1 Å². The van der Waals surface area contributed by atoms with E-state index in [-0.39, 0.29) is 11.7 Å². The maximum Gasteiger partial charge on any atom is 0.251 e. The van der Waals surface area contributed by atoms with Crippen molar-refractivity contribution in [3.8, 4) is 34.1 Å². The van der Waals surface area contributed by atoms with Crippen LogP contribution in [-0.4, -0.2) is 64.2 Å². The Labute approximate surface area is 216 Å². The third-order valence-corrected chi connectivity index (χ3v) is 7.19. The molecule has 1 aliphatic carbocycles. The third kappa shape index (κ3) is 5.44. The van der Waals surface area contributed by atoms with E-state index >= 15 is 0 Å². The Bertz CT molecular complexity index is 1390. The maximum atomic E-state index is 12.8. The maximum absolute atomic E-state index is 12.8. The van der Waals surface area contributed by atoms with Crippen LogP contribution in [-0.2, 0) is 0 Å². The number of aromatic nitrogens is 3. The van der Waals surface area contributed by atoms with Gasteiger partial charge in [-0.15, -0.1) is 0 Å². The van der Waals surface area contributed by atoms with Gasteiger partial charge in [0, 0.05) is 29.9 Å². The molecule has 0 unspecified atom stereocenters. The van der Waals surface area contributed by atoms with Crippen molar-refractivity contribution in [1.29, 1.82) is 0 Å². The summed E-state index contributed by atoms with van der Waals surface area (Å²) in [5.41, 5.74) is 4.22. The molecule has 8 heteroatoms. The number of nitrogens with one attached hydrogen (secondary N) is 2. The molecule has 1 aliphatic rings. The summed E-state index contributed by atoms with van der Waals surface area (Å²) in [6.45, 7) is 1.62. The Morgan fingerprint density at radius 2 is 2.00 bits per heavy atom. The van der Waals surface area contributed by atoms with E-state index in [0.29, 0.717) is 40.9 Å². The molecule has 0 aliphatic heterocycles. The van der Waals surface area contributed by atoms with Crippen LogP contribution in [0, 0.1) is 0 Å². The highest BCUT2D eigenvalue weighted by atomic mass is 16.5. The average Bonchev–Trinajstić information content (AvgIpc) is 3.61. The first-order valence-corrected chi connectivity index (χ1v) is 12.8. The Morgan fingerprint density at radius 1 is 1.16 bits per heavy atom. The van der Waals surface area contributed by atoms with Gasteiger partial charge < -0.3 is 25.0 Å². The van der Waals surface area contributed by atoms with Gasteiger partial charge in [-0.1, -0.05) is 18.9 Å². The zero-order chi connectivity index (χ0) is 25.8. The zero-order valence-corrected chi connectivity index (χ0v) is 21.3. The molecule has 0 spiro atoms. The Balaban J connectivity index is 1.29. The number of hydrogen-bond acceptors (Lipinski definition) is 6. The van der Waals surface area contributed by atoms with Crippen molar-refractivity contribution in [3.63, 3.8) is 0 Å². The number of methoxy groups -OCH3 is 1. The van der Waals surface area contributed by atoms with Gasteiger partial charge in [0.15, 0.2) is 0 Å². The highest BCUT2D eigenvalue weighted by Crippen LogP contribution is 2.35. The van der Waals surface area contributed by atoms with Gasteiger partial charge in [0.2, 0.25) is 5.88 Å². The van der Waals surface area contributed by atoms with E-state index in [0.717, 1.165) is 29.6 Å². The summed E-state index contributed by atoms with van der Waals surface area (Å²) < 4.78 is 5.39. The van der Waals surface area contributed by atoms with E-state index in [1.54, 1.807) is 31.5 Å². The molecule has 8 nitrogen and oxygen atoms in total. The second-order valence-electron chi connectivity index (χ2n) is 9.64. The molecule has 0 saturated heterocycles. The standard InChI is InChI=1S/C29H33N5O3/c1-34(21-7-3-4-8-21)16-6-15-30-28(36)20-10-12-24-25(18-20)33-27(32-24)23-17-19(11-13-26(23)35)22-9-5-14-31-29(22)37-2/h5,9-14,17-18,21,35H,3-4,6-8,15-16H2,1-2H3,(H,30,36)(H,32,33). The number of aromatic hydroxyl groups is 1. The number of aromatic amines is 1. The van der Waals surface area contributed by atoms with Crippen LogP contribution in [0.5, 0.6) is 11.6 Å². The van der Waals surface area contributed by atoms with Crippen molar-refractivity contribution in [3.05, 3.63) is 60.3 Å². The number of hydrogen-bond donors (Lipinski definition) is 3. The van der Waals surface area contributed by atoms with Crippen LogP contribution in [0.25, 0.3) is 33.5 Å². The predicted octanol–water partition coefficient (Wildman–Crippen LogP) is 5.00. The summed E-state index contributed by atoms with van der Waals surface area (Å²) in [5.74, 6) is 1.02. The largest absolute Gasteiger partial charge is 0.507 e. The number of ether oxygens (including phenoxy) is 1. The number of H-pyrrole nitrogens is 1. The zero-order valence-electron chi connectivity index (χ0n) is 21.3. The summed E-state index contributed by atoms with van der Waals surface area (Å²) >= 11 is 0. The van der Waals surface area contributed by atoms with Gasteiger partial charge in [-0.25, -0.2) is 9.97 Å². The lowest BCUT2D eigenvalue weighted by Gasteiger charge is -2.23. The summed E-state index contributed by atoms with van der Waals surface area (Å²) in [7, 11) is 3.76. The molecule has 3 N–H and O–H groups in total. The number of phenolic OH excluding ortho intramolecular Hbond substituents is 1. The van der Waals surface area contributed by atoms with Crippen molar-refractivity contribution >= 4 is 16.9 Å². The number of nitrogens with zero attached hydrogens (tertiary/aromatic N) is 3. The number of rotatable bonds is 9. The van der Waals surface area contributed by atoms with Crippen LogP contribution >= 0.6 is 0 Å². The van der Waals surface area contributed by atoms with Gasteiger partial charge in [0.05, 0.1) is 23.7 Å². The fourth-order valence-corrected chi connectivity index (χ4v) is 5.10. The molecule has 5 rings (SSSR count). The summed E-state index contributed by atoms with van der Waals surface area (Å²) in [5, 5.41) is 13.6. The van der Waals surface area contributed by atoms with Gasteiger partial charge in [-0.05, 0) is 80.9 Å². The molecule has 1 fully saturated rings. The summed E-state index contributed by atoms with van der Waals surface area (Å²) in [6.07, 6.45) is 7.82.